The Balaban J connectivity index is 3.43. The van der Waals surface area contributed by atoms with E-state index in [1.54, 1.807) is 6.07 Å². The normalized spacial score (nSPS) is 11.1. The summed E-state index contributed by atoms with van der Waals surface area (Å²) in [5.41, 5.74) is 0.579. The lowest BCUT2D eigenvalue weighted by molar-refractivity contribution is 0.479. The van der Waals surface area contributed by atoms with E-state index in [1.807, 2.05) is 0 Å². The Morgan fingerprint density at radius 1 is 1.32 bits per heavy atom. The molecular formula is C13H13FN2O2S. The number of nitrogens with zero attached hydrogens (tertiary/aromatic N) is 2. The average Bonchev–Trinajstić information content (AvgIpc) is 2.26. The van der Waals surface area contributed by atoms with Crippen molar-refractivity contribution in [2.45, 2.75) is 18.7 Å². The van der Waals surface area contributed by atoms with Gasteiger partial charge in [-0.3, -0.25) is 0 Å². The van der Waals surface area contributed by atoms with E-state index in [1.165, 1.54) is 13.8 Å². The molecule has 1 rings (SSSR count). The third-order valence-corrected chi connectivity index (χ3v) is 4.64. The molecule has 0 spiro atoms. The van der Waals surface area contributed by atoms with Gasteiger partial charge in [0, 0.05) is 0 Å². The van der Waals surface area contributed by atoms with Gasteiger partial charge in [-0.05, 0) is 37.1 Å². The third-order valence-electron chi connectivity index (χ3n) is 2.54. The number of sulfonamides is 1. The summed E-state index contributed by atoms with van der Waals surface area (Å²) in [7, 11) is -3.90. The van der Waals surface area contributed by atoms with Crippen LogP contribution in [0.5, 0.6) is 0 Å². The van der Waals surface area contributed by atoms with Gasteiger partial charge in [-0.1, -0.05) is 5.92 Å². The maximum atomic E-state index is 13.2. The number of hydrogen-bond donors (Lipinski definition) is 0. The minimum atomic E-state index is -3.90. The first kappa shape index (κ1) is 15.2. The van der Waals surface area contributed by atoms with E-state index in [0.29, 0.717) is 0 Å². The van der Waals surface area contributed by atoms with Gasteiger partial charge in [0.25, 0.3) is 0 Å². The maximum absolute atomic E-state index is 13.2. The van der Waals surface area contributed by atoms with Gasteiger partial charge in [-0.2, -0.15) is 9.57 Å². The second-order valence-corrected chi connectivity index (χ2v) is 5.88. The Kier molecular flexibility index (Phi) is 4.66. The molecule has 0 unspecified atom stereocenters. The molecule has 0 aliphatic heterocycles. The topological polar surface area (TPSA) is 61.2 Å². The van der Waals surface area contributed by atoms with Crippen LogP contribution < -0.4 is 0 Å². The van der Waals surface area contributed by atoms with Crippen LogP contribution in [0, 0.1) is 43.3 Å². The maximum Gasteiger partial charge on any atom is 0.245 e. The highest BCUT2D eigenvalue weighted by Crippen LogP contribution is 2.24. The average molecular weight is 280 g/mol. The summed E-state index contributed by atoms with van der Waals surface area (Å²) in [6.07, 6.45) is 5.11. The largest absolute Gasteiger partial charge is 0.245 e. The molecule has 1 aromatic rings. The van der Waals surface area contributed by atoms with Crippen molar-refractivity contribution >= 4 is 10.0 Å². The summed E-state index contributed by atoms with van der Waals surface area (Å²) < 4.78 is 38.9. The minimum Gasteiger partial charge on any atom is -0.207 e. The van der Waals surface area contributed by atoms with E-state index in [9.17, 15) is 12.8 Å². The molecule has 0 saturated carbocycles. The predicted molar refractivity (Wildman–Crippen MR) is 69.1 cm³/mol. The second kappa shape index (κ2) is 5.83. The minimum absolute atomic E-state index is 0.000556. The molecule has 0 aliphatic rings. The molecule has 0 saturated heterocycles. The van der Waals surface area contributed by atoms with Crippen LogP contribution in [0.25, 0.3) is 0 Å². The Bertz CT molecular complexity index is 630. The molecule has 0 bridgehead atoms. The molecule has 0 amide bonds. The summed E-state index contributed by atoms with van der Waals surface area (Å²) >= 11 is 0. The van der Waals surface area contributed by atoms with Gasteiger partial charge in [-0.25, -0.2) is 12.8 Å². The number of benzene rings is 1. The third kappa shape index (κ3) is 3.11. The van der Waals surface area contributed by atoms with Crippen LogP contribution >= 0.6 is 0 Å². The summed E-state index contributed by atoms with van der Waals surface area (Å²) in [4.78, 5) is -0.000556. The van der Waals surface area contributed by atoms with Gasteiger partial charge in [0.2, 0.25) is 10.0 Å². The number of halogens is 1. The van der Waals surface area contributed by atoms with E-state index in [4.69, 9.17) is 11.7 Å². The van der Waals surface area contributed by atoms with Crippen molar-refractivity contribution < 1.29 is 12.8 Å². The van der Waals surface area contributed by atoms with Crippen molar-refractivity contribution in [1.82, 2.24) is 4.31 Å². The van der Waals surface area contributed by atoms with Crippen molar-refractivity contribution in [1.29, 1.82) is 5.26 Å². The van der Waals surface area contributed by atoms with E-state index in [2.05, 4.69) is 5.92 Å². The first-order chi connectivity index (χ1) is 8.84. The van der Waals surface area contributed by atoms with E-state index < -0.39 is 15.8 Å². The van der Waals surface area contributed by atoms with Gasteiger partial charge in [0.1, 0.15) is 12.4 Å². The Morgan fingerprint density at radius 2 is 1.84 bits per heavy atom. The van der Waals surface area contributed by atoms with Crippen LogP contribution in [0.4, 0.5) is 4.39 Å². The van der Waals surface area contributed by atoms with Crippen LogP contribution in [-0.2, 0) is 10.0 Å². The Hall–Kier alpha value is -1.89. The Labute approximate surface area is 112 Å². The van der Waals surface area contributed by atoms with Crippen molar-refractivity contribution in [3.05, 3.63) is 29.1 Å². The SMILES string of the molecule is C#CCN(CC#N)S(=O)(=O)c1c(C)cc(F)cc1C. The fourth-order valence-electron chi connectivity index (χ4n) is 1.84. The van der Waals surface area contributed by atoms with Gasteiger partial charge >= 0.3 is 0 Å². The van der Waals surface area contributed by atoms with E-state index in [-0.39, 0.29) is 29.1 Å². The standard InChI is InChI=1S/C13H13FN2O2S/c1-4-6-16(7-5-15)19(17,18)13-10(2)8-12(14)9-11(13)3/h1,8-9H,6-7H2,2-3H3. The van der Waals surface area contributed by atoms with Crippen LogP contribution in [-0.4, -0.2) is 25.8 Å². The van der Waals surface area contributed by atoms with Crippen LogP contribution in [0.3, 0.4) is 0 Å². The number of hydrogen-bond acceptors (Lipinski definition) is 3. The molecule has 19 heavy (non-hydrogen) atoms. The number of rotatable bonds is 4. The monoisotopic (exact) mass is 280 g/mol. The summed E-state index contributed by atoms with van der Waals surface area (Å²) in [6, 6.07) is 4.03. The fourth-order valence-corrected chi connectivity index (χ4v) is 3.50. The van der Waals surface area contributed by atoms with E-state index in [0.717, 1.165) is 16.4 Å². The zero-order valence-corrected chi connectivity index (χ0v) is 11.5. The lowest BCUT2D eigenvalue weighted by Crippen LogP contribution is -2.32. The quantitative estimate of drug-likeness (QED) is 0.621. The van der Waals surface area contributed by atoms with Crippen LogP contribution in [0.1, 0.15) is 11.1 Å². The molecule has 0 N–H and O–H groups in total. The summed E-state index contributed by atoms with van der Waals surface area (Å²) in [5.74, 6) is 1.70. The zero-order chi connectivity index (χ0) is 14.6. The van der Waals surface area contributed by atoms with Gasteiger partial charge in [0.05, 0.1) is 17.5 Å². The molecule has 4 nitrogen and oxygen atoms in total. The van der Waals surface area contributed by atoms with Crippen molar-refractivity contribution in [3.8, 4) is 18.4 Å². The van der Waals surface area contributed by atoms with Crippen LogP contribution in [0.2, 0.25) is 0 Å². The van der Waals surface area contributed by atoms with Gasteiger partial charge in [0.15, 0.2) is 0 Å². The Morgan fingerprint density at radius 3 is 2.26 bits per heavy atom. The highest BCUT2D eigenvalue weighted by atomic mass is 32.2. The number of aryl methyl sites for hydroxylation is 2. The second-order valence-electron chi connectivity index (χ2n) is 4.00. The van der Waals surface area contributed by atoms with E-state index >= 15 is 0 Å². The van der Waals surface area contributed by atoms with Gasteiger partial charge in [-0.15, -0.1) is 6.42 Å². The first-order valence-corrected chi connectivity index (χ1v) is 6.86. The van der Waals surface area contributed by atoms with Crippen molar-refractivity contribution in [2.24, 2.45) is 0 Å². The lowest BCUT2D eigenvalue weighted by Gasteiger charge is -2.19. The lowest BCUT2D eigenvalue weighted by atomic mass is 10.1. The molecule has 0 radical (unpaired) electrons. The van der Waals surface area contributed by atoms with Gasteiger partial charge < -0.3 is 0 Å². The molecule has 100 valence electrons. The summed E-state index contributed by atoms with van der Waals surface area (Å²) in [6.45, 7) is 2.46. The fraction of sp³-hybridized carbons (Fsp3) is 0.308. The van der Waals surface area contributed by atoms with Crippen LogP contribution in [0.15, 0.2) is 17.0 Å². The van der Waals surface area contributed by atoms with Crippen molar-refractivity contribution in [3.63, 3.8) is 0 Å². The zero-order valence-electron chi connectivity index (χ0n) is 10.6. The molecular weight excluding hydrogens is 267 g/mol. The predicted octanol–water partition coefficient (Wildman–Crippen LogP) is 1.59. The molecule has 0 aliphatic carbocycles. The smallest absolute Gasteiger partial charge is 0.207 e. The first-order valence-electron chi connectivity index (χ1n) is 5.42. The highest BCUT2D eigenvalue weighted by molar-refractivity contribution is 7.89. The summed E-state index contributed by atoms with van der Waals surface area (Å²) in [5, 5.41) is 8.67. The number of terminal acetylenes is 1. The molecule has 0 heterocycles. The molecule has 0 fully saturated rings. The molecule has 0 atom stereocenters. The molecule has 0 aromatic heterocycles. The van der Waals surface area contributed by atoms with Crippen molar-refractivity contribution in [2.75, 3.05) is 13.1 Å². The highest BCUT2D eigenvalue weighted by Gasteiger charge is 2.27. The molecule has 1 aromatic carbocycles. The number of nitriles is 1. The molecule has 6 heteroatoms.